The van der Waals surface area contributed by atoms with Gasteiger partial charge in [-0.2, -0.15) is 4.98 Å². The number of hydrogen-bond donors (Lipinski definition) is 1. The van der Waals surface area contributed by atoms with Gasteiger partial charge in [-0.25, -0.2) is 4.68 Å². The first-order valence-corrected chi connectivity index (χ1v) is 5.61. The molecule has 1 aromatic carbocycles. The fourth-order valence-electron chi connectivity index (χ4n) is 1.65. The van der Waals surface area contributed by atoms with Gasteiger partial charge in [0.1, 0.15) is 0 Å². The lowest BCUT2D eigenvalue weighted by Crippen LogP contribution is -2.00. The molecule has 0 bridgehead atoms. The predicted octanol–water partition coefficient (Wildman–Crippen LogP) is 1.37. The number of hydrogen-bond acceptors (Lipinski definition) is 6. The van der Waals surface area contributed by atoms with E-state index < -0.39 is 4.92 Å². The number of nitro benzene ring substituents is 1. The van der Waals surface area contributed by atoms with Crippen LogP contribution in [0.1, 0.15) is 6.92 Å². The van der Waals surface area contributed by atoms with Crippen LogP contribution < -0.4 is 10.5 Å². The van der Waals surface area contributed by atoms with E-state index in [1.807, 2.05) is 0 Å². The van der Waals surface area contributed by atoms with Gasteiger partial charge in [0.25, 0.3) is 0 Å². The molecule has 2 aromatic rings. The zero-order chi connectivity index (χ0) is 14.0. The maximum absolute atomic E-state index is 11.0. The van der Waals surface area contributed by atoms with Crippen molar-refractivity contribution >= 4 is 11.6 Å². The maximum atomic E-state index is 11.0. The van der Waals surface area contributed by atoms with Crippen LogP contribution in [-0.4, -0.2) is 26.3 Å². The SMILES string of the molecule is CCOc1c(-c2nc(N)n(C)n2)cccc1[N+](=O)[O-]. The summed E-state index contributed by atoms with van der Waals surface area (Å²) in [5, 5.41) is 15.1. The second kappa shape index (κ2) is 4.92. The largest absolute Gasteiger partial charge is 0.487 e. The van der Waals surface area contributed by atoms with Gasteiger partial charge in [-0.1, -0.05) is 6.07 Å². The molecule has 0 saturated heterocycles. The zero-order valence-corrected chi connectivity index (χ0v) is 10.5. The van der Waals surface area contributed by atoms with Crippen LogP contribution in [0.25, 0.3) is 11.4 Å². The van der Waals surface area contributed by atoms with E-state index in [1.54, 1.807) is 26.1 Å². The summed E-state index contributed by atoms with van der Waals surface area (Å²) in [6, 6.07) is 4.59. The minimum absolute atomic E-state index is 0.120. The third kappa shape index (κ3) is 2.32. The summed E-state index contributed by atoms with van der Waals surface area (Å²) in [6.45, 7) is 2.06. The molecule has 0 spiro atoms. The average molecular weight is 263 g/mol. The van der Waals surface area contributed by atoms with Crippen LogP contribution in [0.5, 0.6) is 5.75 Å². The van der Waals surface area contributed by atoms with Gasteiger partial charge in [-0.3, -0.25) is 10.1 Å². The third-order valence-electron chi connectivity index (χ3n) is 2.52. The van der Waals surface area contributed by atoms with Gasteiger partial charge in [0, 0.05) is 13.1 Å². The highest BCUT2D eigenvalue weighted by atomic mass is 16.6. The van der Waals surface area contributed by atoms with E-state index in [-0.39, 0.29) is 17.4 Å². The number of nitrogens with zero attached hydrogens (tertiary/aromatic N) is 4. The number of nitrogen functional groups attached to an aromatic ring is 1. The van der Waals surface area contributed by atoms with Crippen LogP contribution in [-0.2, 0) is 7.05 Å². The first-order chi connectivity index (χ1) is 9.04. The monoisotopic (exact) mass is 263 g/mol. The fraction of sp³-hybridized carbons (Fsp3) is 0.273. The van der Waals surface area contributed by atoms with Gasteiger partial charge in [0.2, 0.25) is 11.7 Å². The average Bonchev–Trinajstić information content (AvgIpc) is 2.70. The van der Waals surface area contributed by atoms with Crippen LogP contribution >= 0.6 is 0 Å². The second-order valence-electron chi connectivity index (χ2n) is 3.76. The topological polar surface area (TPSA) is 109 Å². The van der Waals surface area contributed by atoms with Crippen molar-refractivity contribution in [3.05, 3.63) is 28.3 Å². The summed E-state index contributed by atoms with van der Waals surface area (Å²) in [4.78, 5) is 14.6. The number of anilines is 1. The molecule has 0 atom stereocenters. The Labute approximate surface area is 109 Å². The van der Waals surface area contributed by atoms with E-state index in [4.69, 9.17) is 10.5 Å². The van der Waals surface area contributed by atoms with Crippen LogP contribution in [0, 0.1) is 10.1 Å². The molecule has 8 heteroatoms. The van der Waals surface area contributed by atoms with Crippen LogP contribution in [0.2, 0.25) is 0 Å². The van der Waals surface area contributed by atoms with Gasteiger partial charge in [-0.05, 0) is 13.0 Å². The number of para-hydroxylation sites is 1. The van der Waals surface area contributed by atoms with Gasteiger partial charge in [0.05, 0.1) is 17.1 Å². The van der Waals surface area contributed by atoms with E-state index in [1.165, 1.54) is 10.7 Å². The van der Waals surface area contributed by atoms with E-state index in [2.05, 4.69) is 10.1 Å². The molecule has 0 aliphatic rings. The highest BCUT2D eigenvalue weighted by molar-refractivity contribution is 5.71. The summed E-state index contributed by atoms with van der Waals surface area (Å²) < 4.78 is 6.75. The van der Waals surface area contributed by atoms with E-state index in [0.29, 0.717) is 18.0 Å². The van der Waals surface area contributed by atoms with E-state index in [0.717, 1.165) is 0 Å². The van der Waals surface area contributed by atoms with Crippen molar-refractivity contribution in [1.29, 1.82) is 0 Å². The van der Waals surface area contributed by atoms with Crippen molar-refractivity contribution in [2.45, 2.75) is 6.92 Å². The quantitative estimate of drug-likeness (QED) is 0.659. The standard InChI is InChI=1S/C11H13N5O3/c1-3-19-9-7(5-4-6-8(9)16(17)18)10-13-11(12)15(2)14-10/h4-6H,3H2,1-2H3,(H2,12,13,14). The van der Waals surface area contributed by atoms with Crippen LogP contribution in [0.3, 0.4) is 0 Å². The number of aryl methyl sites for hydroxylation is 1. The molecule has 1 aromatic heterocycles. The Bertz CT molecular complexity index is 603. The molecule has 0 aliphatic carbocycles. The molecule has 8 nitrogen and oxygen atoms in total. The first kappa shape index (κ1) is 12.8. The maximum Gasteiger partial charge on any atom is 0.311 e. The molecule has 2 rings (SSSR count). The van der Waals surface area contributed by atoms with Gasteiger partial charge >= 0.3 is 5.69 Å². The number of aromatic nitrogens is 3. The van der Waals surface area contributed by atoms with Crippen molar-refractivity contribution in [1.82, 2.24) is 14.8 Å². The molecule has 0 fully saturated rings. The summed E-state index contributed by atoms with van der Waals surface area (Å²) in [7, 11) is 1.64. The lowest BCUT2D eigenvalue weighted by atomic mass is 10.1. The number of nitrogens with two attached hydrogens (primary N) is 1. The first-order valence-electron chi connectivity index (χ1n) is 5.61. The predicted molar refractivity (Wildman–Crippen MR) is 68.7 cm³/mol. The van der Waals surface area contributed by atoms with Gasteiger partial charge in [0.15, 0.2) is 5.82 Å². The lowest BCUT2D eigenvalue weighted by molar-refractivity contribution is -0.385. The lowest BCUT2D eigenvalue weighted by Gasteiger charge is -2.07. The summed E-state index contributed by atoms with van der Waals surface area (Å²) in [5.74, 6) is 0.678. The van der Waals surface area contributed by atoms with Crippen LogP contribution in [0.4, 0.5) is 11.6 Å². The molecular formula is C11H13N5O3. The Morgan fingerprint density at radius 3 is 2.79 bits per heavy atom. The molecule has 0 aliphatic heterocycles. The Hall–Kier alpha value is -2.64. The molecule has 0 saturated carbocycles. The summed E-state index contributed by atoms with van der Waals surface area (Å²) in [5.41, 5.74) is 5.94. The molecule has 100 valence electrons. The van der Waals surface area contributed by atoms with Crippen molar-refractivity contribution in [2.24, 2.45) is 7.05 Å². The van der Waals surface area contributed by atoms with Gasteiger partial charge in [-0.15, -0.1) is 5.10 Å². The summed E-state index contributed by atoms with van der Waals surface area (Å²) in [6.07, 6.45) is 0. The molecule has 0 unspecified atom stereocenters. The second-order valence-corrected chi connectivity index (χ2v) is 3.76. The molecule has 19 heavy (non-hydrogen) atoms. The van der Waals surface area contributed by atoms with E-state index in [9.17, 15) is 10.1 Å². The van der Waals surface area contributed by atoms with E-state index >= 15 is 0 Å². The fourth-order valence-corrected chi connectivity index (χ4v) is 1.65. The van der Waals surface area contributed by atoms with Gasteiger partial charge < -0.3 is 10.5 Å². The smallest absolute Gasteiger partial charge is 0.311 e. The Balaban J connectivity index is 2.62. The molecule has 0 amide bonds. The highest BCUT2D eigenvalue weighted by Crippen LogP contribution is 2.36. The van der Waals surface area contributed by atoms with Crippen molar-refractivity contribution in [3.63, 3.8) is 0 Å². The van der Waals surface area contributed by atoms with Crippen molar-refractivity contribution < 1.29 is 9.66 Å². The molecule has 1 heterocycles. The normalized spacial score (nSPS) is 10.4. The zero-order valence-electron chi connectivity index (χ0n) is 10.5. The molecule has 2 N–H and O–H groups in total. The highest BCUT2D eigenvalue weighted by Gasteiger charge is 2.22. The Kier molecular flexibility index (Phi) is 3.32. The summed E-state index contributed by atoms with van der Waals surface area (Å²) >= 11 is 0. The number of benzene rings is 1. The minimum Gasteiger partial charge on any atom is -0.487 e. The molecular weight excluding hydrogens is 250 g/mol. The third-order valence-corrected chi connectivity index (χ3v) is 2.52. The molecule has 0 radical (unpaired) electrons. The number of nitro groups is 1. The number of rotatable bonds is 4. The van der Waals surface area contributed by atoms with Crippen molar-refractivity contribution in [3.8, 4) is 17.1 Å². The minimum atomic E-state index is -0.499. The Morgan fingerprint density at radius 2 is 2.26 bits per heavy atom. The van der Waals surface area contributed by atoms with Crippen molar-refractivity contribution in [2.75, 3.05) is 12.3 Å². The Morgan fingerprint density at radius 1 is 1.53 bits per heavy atom. The number of ether oxygens (including phenoxy) is 1. The van der Waals surface area contributed by atoms with Crippen LogP contribution in [0.15, 0.2) is 18.2 Å².